The summed E-state index contributed by atoms with van der Waals surface area (Å²) in [5.41, 5.74) is 7.01. The highest BCUT2D eigenvalue weighted by molar-refractivity contribution is 5.76. The average molecular weight is 261 g/mol. The minimum atomic E-state index is -0.550. The van der Waals surface area contributed by atoms with Crippen LogP contribution in [0.1, 0.15) is 44.1 Å². The maximum atomic E-state index is 12.0. The van der Waals surface area contributed by atoms with E-state index in [0.717, 1.165) is 31.2 Å². The van der Waals surface area contributed by atoms with Gasteiger partial charge in [-0.25, -0.2) is 0 Å². The van der Waals surface area contributed by atoms with Crippen molar-refractivity contribution in [1.29, 1.82) is 0 Å². The minimum absolute atomic E-state index is 0.0804. The second kappa shape index (κ2) is 7.29. The maximum absolute atomic E-state index is 12.0. The van der Waals surface area contributed by atoms with Crippen LogP contribution in [-0.2, 0) is 16.0 Å². The fraction of sp³-hybridized carbons (Fsp3) is 0.562. The van der Waals surface area contributed by atoms with E-state index in [2.05, 4.69) is 0 Å². The van der Waals surface area contributed by atoms with E-state index in [4.69, 9.17) is 10.5 Å². The van der Waals surface area contributed by atoms with Crippen molar-refractivity contribution < 1.29 is 9.53 Å². The average Bonchev–Trinajstić information content (AvgIpc) is 2.68. The Morgan fingerprint density at radius 2 is 1.79 bits per heavy atom. The normalized spacial score (nSPS) is 18.6. The summed E-state index contributed by atoms with van der Waals surface area (Å²) >= 11 is 0. The van der Waals surface area contributed by atoms with Crippen LogP contribution in [0.2, 0.25) is 0 Å². The first-order chi connectivity index (χ1) is 9.25. The van der Waals surface area contributed by atoms with E-state index in [0.29, 0.717) is 6.42 Å². The maximum Gasteiger partial charge on any atom is 0.323 e. The van der Waals surface area contributed by atoms with Crippen molar-refractivity contribution in [2.24, 2.45) is 5.73 Å². The van der Waals surface area contributed by atoms with Gasteiger partial charge in [-0.3, -0.25) is 4.79 Å². The Morgan fingerprint density at radius 3 is 2.42 bits per heavy atom. The molecular formula is C16H23NO2. The van der Waals surface area contributed by atoms with Crippen molar-refractivity contribution in [3.63, 3.8) is 0 Å². The predicted octanol–water partition coefficient (Wildman–Crippen LogP) is 2.82. The second-order valence-corrected chi connectivity index (χ2v) is 5.35. The number of benzene rings is 1. The van der Waals surface area contributed by atoms with Crippen LogP contribution in [0.3, 0.4) is 0 Å². The van der Waals surface area contributed by atoms with Crippen LogP contribution in [-0.4, -0.2) is 18.1 Å². The molecule has 1 atom stereocenters. The Labute approximate surface area is 115 Å². The van der Waals surface area contributed by atoms with Gasteiger partial charge in [-0.2, -0.15) is 0 Å². The number of carbonyl (C=O) groups excluding carboxylic acids is 1. The van der Waals surface area contributed by atoms with Crippen molar-refractivity contribution in [2.75, 3.05) is 0 Å². The number of ether oxygens (including phenoxy) is 1. The molecule has 1 fully saturated rings. The molecular weight excluding hydrogens is 238 g/mol. The van der Waals surface area contributed by atoms with Gasteiger partial charge in [0.2, 0.25) is 0 Å². The van der Waals surface area contributed by atoms with E-state index in [-0.39, 0.29) is 12.1 Å². The standard InChI is InChI=1S/C16H23NO2/c17-15(12-13-8-4-3-5-9-13)16(18)19-14-10-6-1-2-7-11-14/h3-5,8-9,14-15H,1-2,6-7,10-12,17H2. The zero-order valence-corrected chi connectivity index (χ0v) is 11.4. The smallest absolute Gasteiger partial charge is 0.323 e. The Bertz CT molecular complexity index is 383. The lowest BCUT2D eigenvalue weighted by Crippen LogP contribution is -2.36. The lowest BCUT2D eigenvalue weighted by atomic mass is 10.1. The van der Waals surface area contributed by atoms with E-state index in [1.807, 2.05) is 30.3 Å². The van der Waals surface area contributed by atoms with Gasteiger partial charge in [-0.05, 0) is 37.7 Å². The summed E-state index contributed by atoms with van der Waals surface area (Å²) in [5.74, 6) is -0.254. The molecule has 0 spiro atoms. The van der Waals surface area contributed by atoms with Gasteiger partial charge in [0, 0.05) is 0 Å². The van der Waals surface area contributed by atoms with Gasteiger partial charge in [-0.1, -0.05) is 43.2 Å². The Balaban J connectivity index is 1.81. The van der Waals surface area contributed by atoms with Gasteiger partial charge >= 0.3 is 5.97 Å². The molecule has 104 valence electrons. The molecule has 1 saturated carbocycles. The highest BCUT2D eigenvalue weighted by Crippen LogP contribution is 2.20. The molecule has 1 aromatic rings. The quantitative estimate of drug-likeness (QED) is 0.670. The van der Waals surface area contributed by atoms with Crippen LogP contribution >= 0.6 is 0 Å². The first-order valence-electron chi connectivity index (χ1n) is 7.25. The van der Waals surface area contributed by atoms with Crippen LogP contribution in [0, 0.1) is 0 Å². The largest absolute Gasteiger partial charge is 0.461 e. The summed E-state index contributed by atoms with van der Waals surface area (Å²) in [4.78, 5) is 12.0. The van der Waals surface area contributed by atoms with Gasteiger partial charge in [0.15, 0.2) is 0 Å². The third kappa shape index (κ3) is 4.67. The molecule has 3 nitrogen and oxygen atoms in total. The molecule has 1 aliphatic carbocycles. The van der Waals surface area contributed by atoms with E-state index >= 15 is 0 Å². The summed E-state index contributed by atoms with van der Waals surface area (Å²) in [6, 6.07) is 9.29. The molecule has 0 heterocycles. The first-order valence-corrected chi connectivity index (χ1v) is 7.25. The lowest BCUT2D eigenvalue weighted by molar-refractivity contribution is -0.151. The van der Waals surface area contributed by atoms with Crippen LogP contribution in [0.5, 0.6) is 0 Å². The molecule has 0 aliphatic heterocycles. The zero-order chi connectivity index (χ0) is 13.5. The van der Waals surface area contributed by atoms with Gasteiger partial charge in [0.25, 0.3) is 0 Å². The molecule has 1 aromatic carbocycles. The number of hydrogen-bond donors (Lipinski definition) is 1. The first kappa shape index (κ1) is 14.1. The molecule has 2 rings (SSSR count). The molecule has 19 heavy (non-hydrogen) atoms. The molecule has 1 unspecified atom stereocenters. The Hall–Kier alpha value is -1.35. The summed E-state index contributed by atoms with van der Waals surface area (Å²) in [6.45, 7) is 0. The summed E-state index contributed by atoms with van der Waals surface area (Å²) in [6.07, 6.45) is 7.43. The monoisotopic (exact) mass is 261 g/mol. The molecule has 2 N–H and O–H groups in total. The lowest BCUT2D eigenvalue weighted by Gasteiger charge is -2.18. The van der Waals surface area contributed by atoms with Crippen molar-refractivity contribution in [3.05, 3.63) is 35.9 Å². The van der Waals surface area contributed by atoms with Crippen LogP contribution in [0.4, 0.5) is 0 Å². The van der Waals surface area contributed by atoms with Gasteiger partial charge in [0.05, 0.1) is 0 Å². The predicted molar refractivity (Wildman–Crippen MR) is 75.7 cm³/mol. The fourth-order valence-electron chi connectivity index (χ4n) is 2.56. The van der Waals surface area contributed by atoms with Crippen molar-refractivity contribution >= 4 is 5.97 Å². The van der Waals surface area contributed by atoms with Crippen LogP contribution in [0.25, 0.3) is 0 Å². The SMILES string of the molecule is NC(Cc1ccccc1)C(=O)OC1CCCCCC1. The van der Waals surface area contributed by atoms with Gasteiger partial charge < -0.3 is 10.5 Å². The Kier molecular flexibility index (Phi) is 5.40. The van der Waals surface area contributed by atoms with E-state index in [9.17, 15) is 4.79 Å². The third-order valence-electron chi connectivity index (χ3n) is 3.69. The van der Waals surface area contributed by atoms with Gasteiger partial charge in [0.1, 0.15) is 12.1 Å². The molecule has 0 saturated heterocycles. The molecule has 1 aliphatic rings. The molecule has 0 bridgehead atoms. The summed E-state index contributed by atoms with van der Waals surface area (Å²) in [7, 11) is 0. The van der Waals surface area contributed by atoms with E-state index < -0.39 is 6.04 Å². The highest BCUT2D eigenvalue weighted by atomic mass is 16.5. The molecule has 0 aromatic heterocycles. The second-order valence-electron chi connectivity index (χ2n) is 5.35. The number of rotatable bonds is 4. The number of nitrogens with two attached hydrogens (primary N) is 1. The highest BCUT2D eigenvalue weighted by Gasteiger charge is 2.21. The molecule has 3 heteroatoms. The number of esters is 1. The van der Waals surface area contributed by atoms with Crippen molar-refractivity contribution in [1.82, 2.24) is 0 Å². The van der Waals surface area contributed by atoms with Crippen LogP contribution < -0.4 is 5.73 Å². The Morgan fingerprint density at radius 1 is 1.16 bits per heavy atom. The van der Waals surface area contributed by atoms with Crippen LogP contribution in [0.15, 0.2) is 30.3 Å². The van der Waals surface area contributed by atoms with Crippen molar-refractivity contribution in [3.8, 4) is 0 Å². The van der Waals surface area contributed by atoms with E-state index in [1.54, 1.807) is 0 Å². The summed E-state index contributed by atoms with van der Waals surface area (Å²) in [5, 5.41) is 0. The number of carbonyl (C=O) groups is 1. The minimum Gasteiger partial charge on any atom is -0.461 e. The summed E-state index contributed by atoms with van der Waals surface area (Å²) < 4.78 is 5.54. The van der Waals surface area contributed by atoms with E-state index in [1.165, 1.54) is 12.8 Å². The molecule has 0 amide bonds. The molecule has 0 radical (unpaired) electrons. The zero-order valence-electron chi connectivity index (χ0n) is 11.4. The van der Waals surface area contributed by atoms with Crippen molar-refractivity contribution in [2.45, 2.75) is 57.1 Å². The fourth-order valence-corrected chi connectivity index (χ4v) is 2.56. The van der Waals surface area contributed by atoms with Gasteiger partial charge in [-0.15, -0.1) is 0 Å². The third-order valence-corrected chi connectivity index (χ3v) is 3.69. The number of hydrogen-bond acceptors (Lipinski definition) is 3. The topological polar surface area (TPSA) is 52.3 Å².